The molecule has 0 atom stereocenters. The molecule has 1 aliphatic rings. The highest BCUT2D eigenvalue weighted by Gasteiger charge is 2.33. The predicted molar refractivity (Wildman–Crippen MR) is 81.7 cm³/mol. The normalized spacial score (nSPS) is 19.3. The first-order chi connectivity index (χ1) is 9.78. The molecule has 6 nitrogen and oxygen atoms in total. The minimum atomic E-state index is -3.33. The fourth-order valence-electron chi connectivity index (χ4n) is 2.17. The summed E-state index contributed by atoms with van der Waals surface area (Å²) >= 11 is 0. The minimum Gasteiger partial charge on any atom is -0.492 e. The zero-order chi connectivity index (χ0) is 15.5. The van der Waals surface area contributed by atoms with Crippen LogP contribution in [0.1, 0.15) is 13.8 Å². The largest absolute Gasteiger partial charge is 0.492 e. The fourth-order valence-corrected chi connectivity index (χ4v) is 3.58. The Kier molecular flexibility index (Phi) is 4.75. The van der Waals surface area contributed by atoms with Crippen molar-refractivity contribution in [1.29, 1.82) is 0 Å². The molecule has 0 bridgehead atoms. The molecule has 1 fully saturated rings. The third-order valence-corrected chi connectivity index (χ3v) is 5.06. The standard InChI is InChI=1S/C14H22N2O4S/c1-14(2)11-16(7-8-20-14)21(17,18)10-9-19-13-5-3-12(15)4-6-13/h3-6H,7-11,15H2,1-2H3. The molecule has 1 aromatic carbocycles. The van der Waals surface area contributed by atoms with Gasteiger partial charge < -0.3 is 15.2 Å². The summed E-state index contributed by atoms with van der Waals surface area (Å²) in [7, 11) is -3.33. The molecular formula is C14H22N2O4S. The van der Waals surface area contributed by atoms with Gasteiger partial charge in [0.05, 0.1) is 18.0 Å². The summed E-state index contributed by atoms with van der Waals surface area (Å²) in [6.07, 6.45) is 0. The van der Waals surface area contributed by atoms with E-state index in [-0.39, 0.29) is 12.4 Å². The van der Waals surface area contributed by atoms with Gasteiger partial charge in [-0.15, -0.1) is 0 Å². The van der Waals surface area contributed by atoms with Crippen molar-refractivity contribution in [3.63, 3.8) is 0 Å². The average molecular weight is 314 g/mol. The van der Waals surface area contributed by atoms with Gasteiger partial charge in [0, 0.05) is 18.8 Å². The molecule has 0 unspecified atom stereocenters. The van der Waals surface area contributed by atoms with Gasteiger partial charge in [-0.3, -0.25) is 0 Å². The fraction of sp³-hybridized carbons (Fsp3) is 0.571. The highest BCUT2D eigenvalue weighted by molar-refractivity contribution is 7.89. The highest BCUT2D eigenvalue weighted by atomic mass is 32.2. The van der Waals surface area contributed by atoms with Crippen LogP contribution in [-0.2, 0) is 14.8 Å². The second-order valence-electron chi connectivity index (χ2n) is 5.68. The van der Waals surface area contributed by atoms with Gasteiger partial charge in [0.1, 0.15) is 12.4 Å². The van der Waals surface area contributed by atoms with Crippen molar-refractivity contribution in [3.8, 4) is 5.75 Å². The monoisotopic (exact) mass is 314 g/mol. The van der Waals surface area contributed by atoms with Gasteiger partial charge in [-0.1, -0.05) is 0 Å². The van der Waals surface area contributed by atoms with E-state index in [2.05, 4.69) is 0 Å². The second kappa shape index (κ2) is 6.21. The molecule has 0 spiro atoms. The van der Waals surface area contributed by atoms with E-state index in [4.69, 9.17) is 15.2 Å². The third-order valence-electron chi connectivity index (χ3n) is 3.27. The summed E-state index contributed by atoms with van der Waals surface area (Å²) in [5, 5.41) is 0. The van der Waals surface area contributed by atoms with E-state index >= 15 is 0 Å². The molecular weight excluding hydrogens is 292 g/mol. The molecule has 1 heterocycles. The molecule has 0 aliphatic carbocycles. The molecule has 0 amide bonds. The van der Waals surface area contributed by atoms with E-state index in [1.165, 1.54) is 4.31 Å². The maximum absolute atomic E-state index is 12.3. The minimum absolute atomic E-state index is 0.0482. The molecule has 7 heteroatoms. The first-order valence-electron chi connectivity index (χ1n) is 6.89. The Morgan fingerprint density at radius 2 is 2.00 bits per heavy atom. The van der Waals surface area contributed by atoms with Crippen molar-refractivity contribution in [2.75, 3.05) is 37.8 Å². The Balaban J connectivity index is 1.88. The number of anilines is 1. The van der Waals surface area contributed by atoms with Crippen LogP contribution in [-0.4, -0.2) is 50.4 Å². The summed E-state index contributed by atoms with van der Waals surface area (Å²) in [6, 6.07) is 6.88. The molecule has 21 heavy (non-hydrogen) atoms. The van der Waals surface area contributed by atoms with Crippen LogP contribution in [0.2, 0.25) is 0 Å². The van der Waals surface area contributed by atoms with Crippen LogP contribution in [0.15, 0.2) is 24.3 Å². The van der Waals surface area contributed by atoms with E-state index in [0.29, 0.717) is 31.1 Å². The van der Waals surface area contributed by atoms with E-state index in [0.717, 1.165) is 0 Å². The zero-order valence-corrected chi connectivity index (χ0v) is 13.2. The van der Waals surface area contributed by atoms with E-state index in [1.54, 1.807) is 24.3 Å². The zero-order valence-electron chi connectivity index (χ0n) is 12.4. The van der Waals surface area contributed by atoms with Crippen molar-refractivity contribution >= 4 is 15.7 Å². The second-order valence-corrected chi connectivity index (χ2v) is 7.76. The van der Waals surface area contributed by atoms with Crippen LogP contribution in [0.4, 0.5) is 5.69 Å². The number of sulfonamides is 1. The number of ether oxygens (including phenoxy) is 2. The van der Waals surface area contributed by atoms with Crippen LogP contribution in [0.5, 0.6) is 5.75 Å². The summed E-state index contributed by atoms with van der Waals surface area (Å²) in [4.78, 5) is 0. The lowest BCUT2D eigenvalue weighted by atomic mass is 10.1. The topological polar surface area (TPSA) is 81.9 Å². The van der Waals surface area contributed by atoms with Crippen LogP contribution in [0, 0.1) is 0 Å². The van der Waals surface area contributed by atoms with Crippen LogP contribution < -0.4 is 10.5 Å². The van der Waals surface area contributed by atoms with Crippen molar-refractivity contribution < 1.29 is 17.9 Å². The van der Waals surface area contributed by atoms with Crippen molar-refractivity contribution in [1.82, 2.24) is 4.31 Å². The van der Waals surface area contributed by atoms with E-state index in [9.17, 15) is 8.42 Å². The summed E-state index contributed by atoms with van der Waals surface area (Å²) in [6.45, 7) is 5.08. The van der Waals surface area contributed by atoms with E-state index in [1.807, 2.05) is 13.8 Å². The van der Waals surface area contributed by atoms with Crippen LogP contribution >= 0.6 is 0 Å². The Labute approximate surface area is 125 Å². The quantitative estimate of drug-likeness (QED) is 0.823. The Hall–Kier alpha value is -1.31. The first kappa shape index (κ1) is 16.1. The molecule has 1 saturated heterocycles. The smallest absolute Gasteiger partial charge is 0.217 e. The van der Waals surface area contributed by atoms with Crippen LogP contribution in [0.25, 0.3) is 0 Å². The number of hydrogen-bond acceptors (Lipinski definition) is 5. The summed E-state index contributed by atoms with van der Waals surface area (Å²) in [5.41, 5.74) is 5.78. The van der Waals surface area contributed by atoms with Crippen molar-refractivity contribution in [3.05, 3.63) is 24.3 Å². The maximum atomic E-state index is 12.3. The lowest BCUT2D eigenvalue weighted by Crippen LogP contribution is -2.51. The third kappa shape index (κ3) is 4.59. The number of hydrogen-bond donors (Lipinski definition) is 1. The Bertz CT molecular complexity index is 569. The molecule has 2 rings (SSSR count). The van der Waals surface area contributed by atoms with Gasteiger partial charge in [0.2, 0.25) is 10.0 Å². The average Bonchev–Trinajstić information content (AvgIpc) is 2.40. The van der Waals surface area contributed by atoms with Crippen LogP contribution in [0.3, 0.4) is 0 Å². The Morgan fingerprint density at radius 1 is 1.33 bits per heavy atom. The SMILES string of the molecule is CC1(C)CN(S(=O)(=O)CCOc2ccc(N)cc2)CCO1. The van der Waals surface area contributed by atoms with Gasteiger partial charge in [-0.05, 0) is 38.1 Å². The first-order valence-corrected chi connectivity index (χ1v) is 8.50. The molecule has 1 aliphatic heterocycles. The molecule has 2 N–H and O–H groups in total. The number of rotatable bonds is 5. The lowest BCUT2D eigenvalue weighted by molar-refractivity contribution is -0.0640. The van der Waals surface area contributed by atoms with Gasteiger partial charge >= 0.3 is 0 Å². The number of benzene rings is 1. The molecule has 0 saturated carbocycles. The number of morpholine rings is 1. The van der Waals surface area contributed by atoms with Gasteiger partial charge in [-0.2, -0.15) is 4.31 Å². The van der Waals surface area contributed by atoms with Gasteiger partial charge in [0.25, 0.3) is 0 Å². The number of nitrogen functional groups attached to an aromatic ring is 1. The molecule has 0 radical (unpaired) electrons. The van der Waals surface area contributed by atoms with Crippen molar-refractivity contribution in [2.24, 2.45) is 0 Å². The Morgan fingerprint density at radius 3 is 2.62 bits per heavy atom. The summed E-state index contributed by atoms with van der Waals surface area (Å²) < 4.78 is 37.0. The van der Waals surface area contributed by atoms with Gasteiger partial charge in [-0.25, -0.2) is 8.42 Å². The number of nitrogens with two attached hydrogens (primary N) is 1. The predicted octanol–water partition coefficient (Wildman–Crippen LogP) is 1.09. The van der Waals surface area contributed by atoms with E-state index < -0.39 is 15.6 Å². The maximum Gasteiger partial charge on any atom is 0.217 e. The summed E-state index contributed by atoms with van der Waals surface area (Å²) in [5.74, 6) is 0.565. The lowest BCUT2D eigenvalue weighted by Gasteiger charge is -2.37. The van der Waals surface area contributed by atoms with Crippen molar-refractivity contribution in [2.45, 2.75) is 19.4 Å². The molecule has 0 aromatic heterocycles. The highest BCUT2D eigenvalue weighted by Crippen LogP contribution is 2.19. The van der Waals surface area contributed by atoms with Gasteiger partial charge in [0.15, 0.2) is 0 Å². The number of nitrogens with zero attached hydrogens (tertiary/aromatic N) is 1. The molecule has 1 aromatic rings. The molecule has 118 valence electrons.